The standard InChI is InChI=1S/C16H12F3NS/c1-9(16-6-10-4-2-3-5-15(10)21-16)20-14-8-12(18)11(17)7-13(14)19/h2-9,20H,1H3. The summed E-state index contributed by atoms with van der Waals surface area (Å²) in [7, 11) is 0. The molecule has 0 saturated carbocycles. The molecule has 0 radical (unpaired) electrons. The van der Waals surface area contributed by atoms with Gasteiger partial charge in [0.2, 0.25) is 0 Å². The van der Waals surface area contributed by atoms with Crippen LogP contribution in [0.5, 0.6) is 0 Å². The highest BCUT2D eigenvalue weighted by molar-refractivity contribution is 7.19. The van der Waals surface area contributed by atoms with Crippen molar-refractivity contribution in [1.82, 2.24) is 0 Å². The molecule has 1 heterocycles. The molecule has 5 heteroatoms. The molecule has 0 saturated heterocycles. The van der Waals surface area contributed by atoms with E-state index in [1.807, 2.05) is 37.3 Å². The molecule has 0 amide bonds. The maximum atomic E-state index is 13.6. The Balaban J connectivity index is 1.89. The third-order valence-corrected chi connectivity index (χ3v) is 4.55. The predicted molar refractivity (Wildman–Crippen MR) is 80.2 cm³/mol. The van der Waals surface area contributed by atoms with Gasteiger partial charge in [0, 0.05) is 21.7 Å². The topological polar surface area (TPSA) is 12.0 Å². The van der Waals surface area contributed by atoms with E-state index in [4.69, 9.17) is 0 Å². The molecule has 3 aromatic rings. The normalized spacial score (nSPS) is 12.6. The molecular formula is C16H12F3NS. The Morgan fingerprint density at radius 2 is 1.67 bits per heavy atom. The zero-order chi connectivity index (χ0) is 15.0. The molecular weight excluding hydrogens is 295 g/mol. The lowest BCUT2D eigenvalue weighted by molar-refractivity contribution is 0.495. The van der Waals surface area contributed by atoms with E-state index in [1.54, 1.807) is 11.3 Å². The average Bonchev–Trinajstić information content (AvgIpc) is 2.88. The van der Waals surface area contributed by atoms with E-state index >= 15 is 0 Å². The monoisotopic (exact) mass is 307 g/mol. The van der Waals surface area contributed by atoms with Gasteiger partial charge in [-0.3, -0.25) is 0 Å². The van der Waals surface area contributed by atoms with Crippen molar-refractivity contribution in [3.63, 3.8) is 0 Å². The van der Waals surface area contributed by atoms with Crippen molar-refractivity contribution in [1.29, 1.82) is 0 Å². The highest BCUT2D eigenvalue weighted by Gasteiger charge is 2.14. The first kappa shape index (κ1) is 13.9. The summed E-state index contributed by atoms with van der Waals surface area (Å²) in [5.41, 5.74) is -0.0427. The highest BCUT2D eigenvalue weighted by atomic mass is 32.1. The SMILES string of the molecule is CC(Nc1cc(F)c(F)cc1F)c1cc2ccccc2s1. The molecule has 1 aromatic heterocycles. The molecule has 3 rings (SSSR count). The van der Waals surface area contributed by atoms with Gasteiger partial charge in [0.25, 0.3) is 0 Å². The third kappa shape index (κ3) is 2.74. The molecule has 0 aliphatic rings. The summed E-state index contributed by atoms with van der Waals surface area (Å²) in [5.74, 6) is -3.06. The minimum atomic E-state index is -1.19. The van der Waals surface area contributed by atoms with Gasteiger partial charge >= 0.3 is 0 Å². The van der Waals surface area contributed by atoms with E-state index in [0.717, 1.165) is 21.0 Å². The van der Waals surface area contributed by atoms with Gasteiger partial charge in [0.15, 0.2) is 11.6 Å². The first-order chi connectivity index (χ1) is 10.0. The number of hydrogen-bond donors (Lipinski definition) is 1. The van der Waals surface area contributed by atoms with E-state index in [9.17, 15) is 13.2 Å². The summed E-state index contributed by atoms with van der Waals surface area (Å²) >= 11 is 1.59. The summed E-state index contributed by atoms with van der Waals surface area (Å²) in [4.78, 5) is 1.00. The van der Waals surface area contributed by atoms with E-state index < -0.39 is 17.5 Å². The second-order valence-corrected chi connectivity index (χ2v) is 5.91. The zero-order valence-corrected chi connectivity index (χ0v) is 12.0. The molecule has 0 spiro atoms. The Hall–Kier alpha value is -2.01. The molecule has 21 heavy (non-hydrogen) atoms. The van der Waals surface area contributed by atoms with Crippen LogP contribution < -0.4 is 5.32 Å². The average molecular weight is 307 g/mol. The van der Waals surface area contributed by atoms with Crippen LogP contribution in [0.15, 0.2) is 42.5 Å². The molecule has 0 aliphatic carbocycles. The number of nitrogens with one attached hydrogen (secondary N) is 1. The lowest BCUT2D eigenvalue weighted by atomic mass is 10.2. The van der Waals surface area contributed by atoms with Crippen molar-refractivity contribution in [2.24, 2.45) is 0 Å². The fraction of sp³-hybridized carbons (Fsp3) is 0.125. The fourth-order valence-electron chi connectivity index (χ4n) is 2.15. The van der Waals surface area contributed by atoms with Gasteiger partial charge in [-0.15, -0.1) is 11.3 Å². The predicted octanol–water partition coefficient (Wildman–Crippen LogP) is 5.49. The van der Waals surface area contributed by atoms with Gasteiger partial charge in [-0.05, 0) is 24.4 Å². The number of fused-ring (bicyclic) bond motifs is 1. The second kappa shape index (κ2) is 5.41. The zero-order valence-electron chi connectivity index (χ0n) is 11.2. The van der Waals surface area contributed by atoms with Crippen molar-refractivity contribution < 1.29 is 13.2 Å². The van der Waals surface area contributed by atoms with Crippen LogP contribution in [-0.2, 0) is 0 Å². The molecule has 1 atom stereocenters. The molecule has 1 N–H and O–H groups in total. The molecule has 1 nitrogen and oxygen atoms in total. The summed E-state index contributed by atoms with van der Waals surface area (Å²) in [6.45, 7) is 1.85. The first-order valence-corrected chi connectivity index (χ1v) is 7.26. The van der Waals surface area contributed by atoms with Crippen LogP contribution in [0.1, 0.15) is 17.8 Å². The maximum absolute atomic E-state index is 13.6. The summed E-state index contributed by atoms with van der Waals surface area (Å²) < 4.78 is 40.9. The van der Waals surface area contributed by atoms with Crippen LogP contribution in [0.4, 0.5) is 18.9 Å². The lowest BCUT2D eigenvalue weighted by Crippen LogP contribution is -2.07. The number of benzene rings is 2. The van der Waals surface area contributed by atoms with Crippen LogP contribution >= 0.6 is 11.3 Å². The molecule has 2 aromatic carbocycles. The van der Waals surface area contributed by atoms with E-state index in [-0.39, 0.29) is 11.7 Å². The van der Waals surface area contributed by atoms with Crippen LogP contribution in [0.2, 0.25) is 0 Å². The maximum Gasteiger partial charge on any atom is 0.161 e. The number of anilines is 1. The van der Waals surface area contributed by atoms with Crippen LogP contribution in [0.25, 0.3) is 10.1 Å². The van der Waals surface area contributed by atoms with Crippen LogP contribution in [0, 0.1) is 17.5 Å². The van der Waals surface area contributed by atoms with E-state index in [2.05, 4.69) is 5.32 Å². The van der Waals surface area contributed by atoms with Gasteiger partial charge < -0.3 is 5.32 Å². The number of thiophene rings is 1. The molecule has 1 unspecified atom stereocenters. The smallest absolute Gasteiger partial charge is 0.161 e. The van der Waals surface area contributed by atoms with Crippen molar-refractivity contribution >= 4 is 27.1 Å². The molecule has 0 fully saturated rings. The quantitative estimate of drug-likeness (QED) is 0.631. The highest BCUT2D eigenvalue weighted by Crippen LogP contribution is 2.32. The Morgan fingerprint density at radius 3 is 2.43 bits per heavy atom. The third-order valence-electron chi connectivity index (χ3n) is 3.25. The second-order valence-electron chi connectivity index (χ2n) is 4.80. The van der Waals surface area contributed by atoms with Crippen molar-refractivity contribution in [3.05, 3.63) is 64.8 Å². The minimum Gasteiger partial charge on any atom is -0.375 e. The van der Waals surface area contributed by atoms with Gasteiger partial charge in [-0.2, -0.15) is 0 Å². The molecule has 0 aliphatic heterocycles. The summed E-state index contributed by atoms with van der Waals surface area (Å²) in [6.07, 6.45) is 0. The van der Waals surface area contributed by atoms with Crippen molar-refractivity contribution in [2.75, 3.05) is 5.32 Å². The number of hydrogen-bond acceptors (Lipinski definition) is 2. The lowest BCUT2D eigenvalue weighted by Gasteiger charge is -2.14. The Bertz CT molecular complexity index is 764. The fourth-order valence-corrected chi connectivity index (χ4v) is 3.22. The Labute approximate surface area is 124 Å². The van der Waals surface area contributed by atoms with Gasteiger partial charge in [0.05, 0.1) is 11.7 Å². The largest absolute Gasteiger partial charge is 0.375 e. The van der Waals surface area contributed by atoms with Gasteiger partial charge in [0.1, 0.15) is 5.82 Å². The summed E-state index contributed by atoms with van der Waals surface area (Å²) in [5, 5.41) is 3.99. The Morgan fingerprint density at radius 1 is 0.952 bits per heavy atom. The minimum absolute atomic E-state index is 0.0427. The van der Waals surface area contributed by atoms with Crippen molar-refractivity contribution in [3.8, 4) is 0 Å². The van der Waals surface area contributed by atoms with Gasteiger partial charge in [-0.25, -0.2) is 13.2 Å². The van der Waals surface area contributed by atoms with Gasteiger partial charge in [-0.1, -0.05) is 18.2 Å². The summed E-state index contributed by atoms with van der Waals surface area (Å²) in [6, 6.07) is 11.1. The van der Waals surface area contributed by atoms with E-state index in [0.29, 0.717) is 6.07 Å². The van der Waals surface area contributed by atoms with Crippen LogP contribution in [0.3, 0.4) is 0 Å². The van der Waals surface area contributed by atoms with Crippen LogP contribution in [-0.4, -0.2) is 0 Å². The van der Waals surface area contributed by atoms with E-state index in [1.165, 1.54) is 0 Å². The Kier molecular flexibility index (Phi) is 3.59. The first-order valence-electron chi connectivity index (χ1n) is 6.44. The number of rotatable bonds is 3. The molecule has 108 valence electrons. The number of halogens is 3. The van der Waals surface area contributed by atoms with Crippen molar-refractivity contribution in [2.45, 2.75) is 13.0 Å². The molecule has 0 bridgehead atoms.